The molecule has 0 spiro atoms. The van der Waals surface area contributed by atoms with Crippen molar-refractivity contribution in [3.63, 3.8) is 0 Å². The van der Waals surface area contributed by atoms with Crippen LogP contribution in [-0.2, 0) is 6.54 Å². The minimum atomic E-state index is -0.143. The molecule has 0 fully saturated rings. The van der Waals surface area contributed by atoms with E-state index in [1.807, 2.05) is 25.2 Å². The highest BCUT2D eigenvalue weighted by molar-refractivity contribution is 9.10. The first-order valence-corrected chi connectivity index (χ1v) is 7.92. The molecule has 0 radical (unpaired) electrons. The third-order valence-electron chi connectivity index (χ3n) is 3.95. The van der Waals surface area contributed by atoms with E-state index in [1.165, 1.54) is 0 Å². The van der Waals surface area contributed by atoms with Gasteiger partial charge in [0.1, 0.15) is 5.75 Å². The number of aromatic hydroxyl groups is 1. The molecule has 1 amide bonds. The molecule has 0 aliphatic carbocycles. The molecule has 4 nitrogen and oxygen atoms in total. The number of halogens is 1. The quantitative estimate of drug-likeness (QED) is 0.848. The fourth-order valence-corrected chi connectivity index (χ4v) is 3.07. The van der Waals surface area contributed by atoms with Crippen molar-refractivity contribution < 1.29 is 9.90 Å². The highest BCUT2D eigenvalue weighted by Gasteiger charge is 2.23. The van der Waals surface area contributed by atoms with E-state index in [0.717, 1.165) is 22.3 Å². The number of hydrogen-bond donors (Lipinski definition) is 1. The number of phenols is 1. The molecule has 0 saturated heterocycles. The molecular formula is C17H17BrN2O2. The lowest BCUT2D eigenvalue weighted by Crippen LogP contribution is -2.34. The number of benzene rings is 2. The summed E-state index contributed by atoms with van der Waals surface area (Å²) in [5.74, 6) is -0.139. The Balaban J connectivity index is 1.91. The van der Waals surface area contributed by atoms with E-state index in [0.29, 0.717) is 18.7 Å². The molecule has 1 aliphatic rings. The minimum Gasteiger partial charge on any atom is -0.507 e. The lowest BCUT2D eigenvalue weighted by atomic mass is 10.1. The molecule has 0 atom stereocenters. The molecule has 0 saturated carbocycles. The standard InChI is InChI=1S/C17H17BrN2O2/c1-19-8-9-20(11-12-4-2-3-5-15(12)19)17(22)14-7-6-13(18)10-16(14)21/h2-7,10,21H,8-9,11H2,1H3. The van der Waals surface area contributed by atoms with Crippen LogP contribution in [0.25, 0.3) is 0 Å². The number of rotatable bonds is 1. The number of carbonyl (C=O) groups is 1. The smallest absolute Gasteiger partial charge is 0.257 e. The zero-order valence-corrected chi connectivity index (χ0v) is 13.9. The first-order chi connectivity index (χ1) is 10.6. The number of nitrogens with zero attached hydrogens (tertiary/aromatic N) is 2. The predicted octanol–water partition coefficient (Wildman–Crippen LogP) is 3.25. The summed E-state index contributed by atoms with van der Waals surface area (Å²) in [5.41, 5.74) is 2.61. The fraction of sp³-hybridized carbons (Fsp3) is 0.235. The lowest BCUT2D eigenvalue weighted by molar-refractivity contribution is 0.0748. The van der Waals surface area contributed by atoms with E-state index in [2.05, 4.69) is 26.9 Å². The summed E-state index contributed by atoms with van der Waals surface area (Å²) in [4.78, 5) is 16.7. The van der Waals surface area contributed by atoms with Crippen LogP contribution in [0.2, 0.25) is 0 Å². The van der Waals surface area contributed by atoms with Crippen molar-refractivity contribution in [3.05, 3.63) is 58.1 Å². The monoisotopic (exact) mass is 360 g/mol. The van der Waals surface area contributed by atoms with E-state index in [-0.39, 0.29) is 11.7 Å². The summed E-state index contributed by atoms with van der Waals surface area (Å²) >= 11 is 3.29. The van der Waals surface area contributed by atoms with E-state index in [9.17, 15) is 9.90 Å². The zero-order valence-electron chi connectivity index (χ0n) is 12.3. The van der Waals surface area contributed by atoms with Gasteiger partial charge >= 0.3 is 0 Å². The number of hydrogen-bond acceptors (Lipinski definition) is 3. The molecule has 1 heterocycles. The van der Waals surface area contributed by atoms with Gasteiger partial charge in [0.2, 0.25) is 0 Å². The Morgan fingerprint density at radius 3 is 2.73 bits per heavy atom. The average Bonchev–Trinajstić information content (AvgIpc) is 2.67. The first-order valence-electron chi connectivity index (χ1n) is 7.13. The molecule has 1 N–H and O–H groups in total. The number of anilines is 1. The number of fused-ring (bicyclic) bond motifs is 1. The molecule has 114 valence electrons. The van der Waals surface area contributed by atoms with Crippen LogP contribution in [0.15, 0.2) is 46.9 Å². The van der Waals surface area contributed by atoms with E-state index < -0.39 is 0 Å². The second kappa shape index (κ2) is 6.01. The van der Waals surface area contributed by atoms with Gasteiger partial charge in [-0.15, -0.1) is 0 Å². The van der Waals surface area contributed by atoms with Gasteiger partial charge in [-0.25, -0.2) is 0 Å². The third kappa shape index (κ3) is 2.81. The maximum atomic E-state index is 12.7. The van der Waals surface area contributed by atoms with Gasteiger partial charge in [0.25, 0.3) is 5.91 Å². The number of likely N-dealkylation sites (N-methyl/N-ethyl adjacent to an activating group) is 1. The topological polar surface area (TPSA) is 43.8 Å². The van der Waals surface area contributed by atoms with Crippen LogP contribution < -0.4 is 4.90 Å². The maximum Gasteiger partial charge on any atom is 0.257 e. The number of carbonyl (C=O) groups excluding carboxylic acids is 1. The molecule has 2 aromatic rings. The normalized spacial score (nSPS) is 14.5. The van der Waals surface area contributed by atoms with E-state index in [4.69, 9.17) is 0 Å². The van der Waals surface area contributed by atoms with Crippen molar-refractivity contribution >= 4 is 27.5 Å². The highest BCUT2D eigenvalue weighted by Crippen LogP contribution is 2.27. The third-order valence-corrected chi connectivity index (χ3v) is 4.44. The minimum absolute atomic E-state index is 0.00487. The summed E-state index contributed by atoms with van der Waals surface area (Å²) in [6, 6.07) is 13.1. The van der Waals surface area contributed by atoms with Gasteiger partial charge < -0.3 is 14.9 Å². The van der Waals surface area contributed by atoms with Crippen molar-refractivity contribution in [1.29, 1.82) is 0 Å². The summed E-state index contributed by atoms with van der Waals surface area (Å²) in [5, 5.41) is 10.0. The maximum absolute atomic E-state index is 12.7. The molecule has 1 aliphatic heterocycles. The predicted molar refractivity (Wildman–Crippen MR) is 90.3 cm³/mol. The Labute approximate surface area is 138 Å². The molecule has 0 bridgehead atoms. The van der Waals surface area contributed by atoms with Crippen molar-refractivity contribution in [1.82, 2.24) is 4.90 Å². The summed E-state index contributed by atoms with van der Waals surface area (Å²) < 4.78 is 0.752. The fourth-order valence-electron chi connectivity index (χ4n) is 2.72. The second-order valence-electron chi connectivity index (χ2n) is 5.44. The highest BCUT2D eigenvalue weighted by atomic mass is 79.9. The van der Waals surface area contributed by atoms with Crippen molar-refractivity contribution in [2.24, 2.45) is 0 Å². The number of para-hydroxylation sites is 1. The Kier molecular flexibility index (Phi) is 4.07. The Morgan fingerprint density at radius 2 is 1.95 bits per heavy atom. The largest absolute Gasteiger partial charge is 0.507 e. The van der Waals surface area contributed by atoms with Crippen LogP contribution in [0.3, 0.4) is 0 Å². The molecule has 0 aromatic heterocycles. The Bertz CT molecular complexity index is 718. The Morgan fingerprint density at radius 1 is 1.18 bits per heavy atom. The average molecular weight is 361 g/mol. The van der Waals surface area contributed by atoms with Gasteiger partial charge in [-0.05, 0) is 29.8 Å². The van der Waals surface area contributed by atoms with Crippen LogP contribution in [0.1, 0.15) is 15.9 Å². The van der Waals surface area contributed by atoms with Crippen molar-refractivity contribution in [2.45, 2.75) is 6.54 Å². The molecular weight excluding hydrogens is 344 g/mol. The lowest BCUT2D eigenvalue weighted by Gasteiger charge is -2.21. The molecule has 5 heteroatoms. The number of amides is 1. The van der Waals surface area contributed by atoms with Gasteiger partial charge in [0.05, 0.1) is 5.56 Å². The SMILES string of the molecule is CN1CCN(C(=O)c2ccc(Br)cc2O)Cc2ccccc21. The van der Waals surface area contributed by atoms with Crippen LogP contribution >= 0.6 is 15.9 Å². The van der Waals surface area contributed by atoms with Gasteiger partial charge in [-0.2, -0.15) is 0 Å². The van der Waals surface area contributed by atoms with Crippen molar-refractivity contribution in [3.8, 4) is 5.75 Å². The Hall–Kier alpha value is -2.01. The van der Waals surface area contributed by atoms with Crippen LogP contribution in [0.5, 0.6) is 5.75 Å². The van der Waals surface area contributed by atoms with E-state index in [1.54, 1.807) is 23.1 Å². The van der Waals surface area contributed by atoms with Gasteiger partial charge in [-0.3, -0.25) is 4.79 Å². The summed E-state index contributed by atoms with van der Waals surface area (Å²) in [6.45, 7) is 1.94. The van der Waals surface area contributed by atoms with Crippen LogP contribution in [0, 0.1) is 0 Å². The van der Waals surface area contributed by atoms with Gasteiger partial charge in [0, 0.05) is 36.8 Å². The molecule has 3 rings (SSSR count). The summed E-state index contributed by atoms with van der Waals surface area (Å²) in [6.07, 6.45) is 0. The first kappa shape index (κ1) is 14.9. The second-order valence-corrected chi connectivity index (χ2v) is 6.35. The molecule has 2 aromatic carbocycles. The summed E-state index contributed by atoms with van der Waals surface area (Å²) in [7, 11) is 2.03. The van der Waals surface area contributed by atoms with Gasteiger partial charge in [0.15, 0.2) is 0 Å². The zero-order chi connectivity index (χ0) is 15.7. The van der Waals surface area contributed by atoms with Crippen molar-refractivity contribution in [2.75, 3.05) is 25.0 Å². The van der Waals surface area contributed by atoms with E-state index >= 15 is 0 Å². The molecule has 22 heavy (non-hydrogen) atoms. The van der Waals surface area contributed by atoms with Gasteiger partial charge in [-0.1, -0.05) is 34.1 Å². The van der Waals surface area contributed by atoms with Crippen LogP contribution in [-0.4, -0.2) is 36.1 Å². The van der Waals surface area contributed by atoms with Crippen LogP contribution in [0.4, 0.5) is 5.69 Å². The number of phenolic OH excluding ortho intramolecular Hbond substituents is 1. The molecule has 0 unspecified atom stereocenters.